The summed E-state index contributed by atoms with van der Waals surface area (Å²) in [5, 5.41) is 3.55. The molecule has 1 saturated heterocycles. The Bertz CT molecular complexity index is 324. The summed E-state index contributed by atoms with van der Waals surface area (Å²) in [4.78, 5) is 0. The van der Waals surface area contributed by atoms with Crippen molar-refractivity contribution in [1.82, 2.24) is 9.88 Å². The van der Waals surface area contributed by atoms with Crippen LogP contribution in [0.2, 0.25) is 0 Å². The predicted octanol–water partition coefficient (Wildman–Crippen LogP) is 1.64. The Kier molecular flexibility index (Phi) is 3.99. The van der Waals surface area contributed by atoms with E-state index in [1.807, 2.05) is 0 Å². The van der Waals surface area contributed by atoms with Crippen LogP contribution in [-0.4, -0.2) is 17.2 Å². The van der Waals surface area contributed by atoms with E-state index in [1.165, 1.54) is 38.1 Å². The lowest BCUT2D eigenvalue weighted by Gasteiger charge is -2.07. The maximum absolute atomic E-state index is 3.55. The summed E-state index contributed by atoms with van der Waals surface area (Å²) in [5.41, 5.74) is 0. The first-order valence-corrected chi connectivity index (χ1v) is 6.60. The number of hydrogen-bond acceptors (Lipinski definition) is 1. The third-order valence-electron chi connectivity index (χ3n) is 3.59. The number of hydrogen-bond donors (Lipinski definition) is 1. The average Bonchev–Trinajstić information content (AvgIpc) is 2.89. The number of imidazole rings is 1. The van der Waals surface area contributed by atoms with Gasteiger partial charge in [0.1, 0.15) is 18.9 Å². The van der Waals surface area contributed by atoms with Gasteiger partial charge in [-0.3, -0.25) is 0 Å². The SMILES string of the molecule is CCCCn1cc[n+](C[C@H]2CCCN2)c1C. The van der Waals surface area contributed by atoms with Gasteiger partial charge in [0.25, 0.3) is 5.82 Å². The van der Waals surface area contributed by atoms with Crippen molar-refractivity contribution < 1.29 is 4.57 Å². The summed E-state index contributed by atoms with van der Waals surface area (Å²) in [6.07, 6.45) is 9.65. The van der Waals surface area contributed by atoms with Gasteiger partial charge in [0.15, 0.2) is 0 Å². The fraction of sp³-hybridized carbons (Fsp3) is 0.769. The molecule has 0 unspecified atom stereocenters. The van der Waals surface area contributed by atoms with Crippen molar-refractivity contribution in [1.29, 1.82) is 0 Å². The standard InChI is InChI=1S/C13H24N3/c1-3-4-8-15-9-10-16(12(15)2)11-13-6-5-7-14-13/h9-10,13-14H,3-8,11H2,1-2H3/q+1/t13-/m1/s1. The van der Waals surface area contributed by atoms with E-state index >= 15 is 0 Å². The van der Waals surface area contributed by atoms with Crippen molar-refractivity contribution in [3.63, 3.8) is 0 Å². The Morgan fingerprint density at radius 3 is 3.12 bits per heavy atom. The Labute approximate surface area is 98.5 Å². The highest BCUT2D eigenvalue weighted by Gasteiger charge is 2.19. The first-order valence-electron chi connectivity index (χ1n) is 6.60. The fourth-order valence-corrected chi connectivity index (χ4v) is 2.45. The van der Waals surface area contributed by atoms with E-state index in [1.54, 1.807) is 0 Å². The molecule has 3 heteroatoms. The number of rotatable bonds is 5. The molecule has 0 aliphatic carbocycles. The van der Waals surface area contributed by atoms with Crippen molar-refractivity contribution in [2.75, 3.05) is 6.54 Å². The largest absolute Gasteiger partial charge is 0.310 e. The minimum atomic E-state index is 0.686. The Morgan fingerprint density at radius 1 is 1.56 bits per heavy atom. The molecule has 1 aliphatic heterocycles. The third kappa shape index (κ3) is 2.64. The van der Waals surface area contributed by atoms with Gasteiger partial charge < -0.3 is 5.32 Å². The normalized spacial score (nSPS) is 20.5. The highest BCUT2D eigenvalue weighted by atomic mass is 15.2. The quantitative estimate of drug-likeness (QED) is 0.751. The highest BCUT2D eigenvalue weighted by molar-refractivity contribution is 4.80. The second-order valence-corrected chi connectivity index (χ2v) is 4.84. The molecule has 90 valence electrons. The van der Waals surface area contributed by atoms with Crippen LogP contribution in [-0.2, 0) is 13.1 Å². The Balaban J connectivity index is 1.95. The van der Waals surface area contributed by atoms with Crippen LogP contribution in [0.1, 0.15) is 38.4 Å². The van der Waals surface area contributed by atoms with Gasteiger partial charge >= 0.3 is 0 Å². The molecule has 1 N–H and O–H groups in total. The van der Waals surface area contributed by atoms with Crippen LogP contribution in [0.3, 0.4) is 0 Å². The maximum atomic E-state index is 3.55. The van der Waals surface area contributed by atoms with Crippen LogP contribution in [0.5, 0.6) is 0 Å². The molecule has 1 aliphatic rings. The van der Waals surface area contributed by atoms with Gasteiger partial charge in [-0.15, -0.1) is 0 Å². The lowest BCUT2D eigenvalue weighted by molar-refractivity contribution is -0.704. The average molecular weight is 222 g/mol. The van der Waals surface area contributed by atoms with Crippen molar-refractivity contribution in [3.8, 4) is 0 Å². The van der Waals surface area contributed by atoms with E-state index in [-0.39, 0.29) is 0 Å². The van der Waals surface area contributed by atoms with Gasteiger partial charge in [-0.2, -0.15) is 0 Å². The Morgan fingerprint density at radius 2 is 2.44 bits per heavy atom. The van der Waals surface area contributed by atoms with Gasteiger partial charge in [0.2, 0.25) is 0 Å². The number of aromatic nitrogens is 2. The van der Waals surface area contributed by atoms with Gasteiger partial charge in [-0.05, 0) is 25.8 Å². The van der Waals surface area contributed by atoms with Gasteiger partial charge in [-0.25, -0.2) is 9.13 Å². The maximum Gasteiger partial charge on any atom is 0.253 e. The van der Waals surface area contributed by atoms with Crippen molar-refractivity contribution in [2.24, 2.45) is 0 Å². The zero-order chi connectivity index (χ0) is 11.4. The van der Waals surface area contributed by atoms with Crippen LogP contribution in [0.4, 0.5) is 0 Å². The minimum absolute atomic E-state index is 0.686. The zero-order valence-electron chi connectivity index (χ0n) is 10.6. The predicted molar refractivity (Wildman–Crippen MR) is 65.3 cm³/mol. The molecule has 2 heterocycles. The fourth-order valence-electron chi connectivity index (χ4n) is 2.45. The smallest absolute Gasteiger partial charge is 0.253 e. The summed E-state index contributed by atoms with van der Waals surface area (Å²) >= 11 is 0. The molecular weight excluding hydrogens is 198 g/mol. The first-order chi connectivity index (χ1) is 7.81. The van der Waals surface area contributed by atoms with Crippen LogP contribution in [0.25, 0.3) is 0 Å². The molecule has 0 radical (unpaired) electrons. The van der Waals surface area contributed by atoms with E-state index in [4.69, 9.17) is 0 Å². The van der Waals surface area contributed by atoms with E-state index < -0.39 is 0 Å². The molecule has 1 atom stereocenters. The van der Waals surface area contributed by atoms with Gasteiger partial charge in [0.05, 0.1) is 6.54 Å². The molecule has 0 aromatic carbocycles. The van der Waals surface area contributed by atoms with Crippen LogP contribution < -0.4 is 9.88 Å². The van der Waals surface area contributed by atoms with Crippen LogP contribution in [0.15, 0.2) is 12.4 Å². The molecule has 3 nitrogen and oxygen atoms in total. The molecule has 0 saturated carbocycles. The molecule has 1 aromatic rings. The molecule has 0 spiro atoms. The zero-order valence-corrected chi connectivity index (χ0v) is 10.6. The second kappa shape index (κ2) is 5.48. The lowest BCUT2D eigenvalue weighted by atomic mass is 10.2. The Hall–Kier alpha value is -0.830. The van der Waals surface area contributed by atoms with Crippen molar-refractivity contribution in [2.45, 2.75) is 58.7 Å². The number of aryl methyl sites for hydroxylation is 1. The topological polar surface area (TPSA) is 20.8 Å². The summed E-state index contributed by atoms with van der Waals surface area (Å²) in [6.45, 7) is 7.96. The van der Waals surface area contributed by atoms with E-state index in [2.05, 4.69) is 40.7 Å². The molecule has 1 aromatic heterocycles. The highest BCUT2D eigenvalue weighted by Crippen LogP contribution is 2.06. The summed E-state index contributed by atoms with van der Waals surface area (Å²) in [7, 11) is 0. The molecule has 0 bridgehead atoms. The van der Waals surface area contributed by atoms with E-state index in [9.17, 15) is 0 Å². The van der Waals surface area contributed by atoms with Crippen molar-refractivity contribution in [3.05, 3.63) is 18.2 Å². The number of nitrogens with one attached hydrogen (secondary N) is 1. The molecule has 2 rings (SSSR count). The van der Waals surface area contributed by atoms with Crippen LogP contribution in [0, 0.1) is 6.92 Å². The number of unbranched alkanes of at least 4 members (excludes halogenated alkanes) is 1. The second-order valence-electron chi connectivity index (χ2n) is 4.84. The summed E-state index contributed by atoms with van der Waals surface area (Å²) < 4.78 is 4.76. The summed E-state index contributed by atoms with van der Waals surface area (Å²) in [5.74, 6) is 1.39. The lowest BCUT2D eigenvalue weighted by Crippen LogP contribution is -2.44. The van der Waals surface area contributed by atoms with Crippen molar-refractivity contribution >= 4 is 0 Å². The van der Waals surface area contributed by atoms with Gasteiger partial charge in [-0.1, -0.05) is 13.3 Å². The monoisotopic (exact) mass is 222 g/mol. The van der Waals surface area contributed by atoms with E-state index in [0.717, 1.165) is 13.1 Å². The number of nitrogens with zero attached hydrogens (tertiary/aromatic N) is 2. The molecule has 0 amide bonds. The molecule has 16 heavy (non-hydrogen) atoms. The minimum Gasteiger partial charge on any atom is -0.310 e. The first kappa shape index (κ1) is 11.6. The summed E-state index contributed by atoms with van der Waals surface area (Å²) in [6, 6.07) is 0.686. The molecule has 1 fully saturated rings. The third-order valence-corrected chi connectivity index (χ3v) is 3.59. The van der Waals surface area contributed by atoms with Gasteiger partial charge in [0, 0.05) is 13.0 Å². The van der Waals surface area contributed by atoms with E-state index in [0.29, 0.717) is 6.04 Å². The molecular formula is C13H24N3+. The van der Waals surface area contributed by atoms with Crippen LogP contribution >= 0.6 is 0 Å².